The van der Waals surface area contributed by atoms with Gasteiger partial charge in [0.05, 0.1) is 17.1 Å². The van der Waals surface area contributed by atoms with Crippen molar-refractivity contribution in [1.82, 2.24) is 24.4 Å². The van der Waals surface area contributed by atoms with Crippen LogP contribution in [0.15, 0.2) is 53.7 Å². The Hall–Kier alpha value is -3.04. The Balaban J connectivity index is 1.42. The second-order valence-corrected chi connectivity index (χ2v) is 10.2. The Morgan fingerprint density at radius 1 is 1.03 bits per heavy atom. The molecule has 1 N–H and O–H groups in total. The van der Waals surface area contributed by atoms with Gasteiger partial charge < -0.3 is 5.32 Å². The monoisotopic (exact) mass is 481 g/mol. The molecule has 2 heterocycles. The molecule has 0 aliphatic heterocycles. The number of carbonyl (C=O) groups is 1. The van der Waals surface area contributed by atoms with E-state index in [4.69, 9.17) is 5.10 Å². The SMILES string of the molecule is CCN(CC)S(=O)(=O)c1ccc(C(=O)NCCn2nc(-c3ccncc3)c3c2CCCC3)cc1. The normalized spacial score (nSPS) is 13.6. The number of carbonyl (C=O) groups excluding carboxylic acids is 1. The van der Waals surface area contributed by atoms with E-state index in [1.807, 2.05) is 16.8 Å². The van der Waals surface area contributed by atoms with E-state index in [9.17, 15) is 13.2 Å². The molecule has 0 saturated carbocycles. The van der Waals surface area contributed by atoms with Crippen molar-refractivity contribution in [3.05, 3.63) is 65.6 Å². The van der Waals surface area contributed by atoms with Crippen molar-refractivity contribution >= 4 is 15.9 Å². The average molecular weight is 482 g/mol. The summed E-state index contributed by atoms with van der Waals surface area (Å²) < 4.78 is 28.7. The first-order chi connectivity index (χ1) is 16.5. The van der Waals surface area contributed by atoms with Crippen LogP contribution >= 0.6 is 0 Å². The van der Waals surface area contributed by atoms with E-state index in [0.717, 1.165) is 36.9 Å². The van der Waals surface area contributed by atoms with Crippen LogP contribution in [0.5, 0.6) is 0 Å². The minimum atomic E-state index is -3.54. The number of fused-ring (bicyclic) bond motifs is 1. The van der Waals surface area contributed by atoms with Gasteiger partial charge in [0.1, 0.15) is 0 Å². The first-order valence-corrected chi connectivity index (χ1v) is 13.3. The third-order valence-electron chi connectivity index (χ3n) is 6.28. The molecule has 3 aromatic rings. The molecule has 0 atom stereocenters. The maximum atomic E-state index is 12.6. The van der Waals surface area contributed by atoms with Crippen molar-refractivity contribution in [3.63, 3.8) is 0 Å². The third kappa shape index (κ3) is 4.90. The fourth-order valence-corrected chi connectivity index (χ4v) is 5.92. The standard InChI is InChI=1S/C25H31N5O3S/c1-3-29(4-2)34(32,33)21-11-9-20(10-12-21)25(31)27-17-18-30-23-8-6-5-7-22(23)24(28-30)19-13-15-26-16-14-19/h9-16H,3-8,17-18H2,1-2H3,(H,27,31). The molecule has 0 bridgehead atoms. The Bertz CT molecular complexity index is 1230. The van der Waals surface area contributed by atoms with Crippen LogP contribution in [0.2, 0.25) is 0 Å². The number of sulfonamides is 1. The van der Waals surface area contributed by atoms with E-state index < -0.39 is 10.0 Å². The Labute approximate surface area is 201 Å². The zero-order valence-electron chi connectivity index (χ0n) is 19.7. The number of rotatable bonds is 9. The van der Waals surface area contributed by atoms with Gasteiger partial charge in [-0.3, -0.25) is 14.5 Å². The summed E-state index contributed by atoms with van der Waals surface area (Å²) in [5.74, 6) is -0.234. The molecule has 0 radical (unpaired) electrons. The fourth-order valence-electron chi connectivity index (χ4n) is 4.47. The molecule has 1 aromatic carbocycles. The average Bonchev–Trinajstić information content (AvgIpc) is 3.24. The number of amides is 1. The Morgan fingerprint density at radius 3 is 2.38 bits per heavy atom. The molecule has 0 spiro atoms. The van der Waals surface area contributed by atoms with Gasteiger partial charge in [0.25, 0.3) is 5.91 Å². The summed E-state index contributed by atoms with van der Waals surface area (Å²) in [6, 6.07) is 10.1. The van der Waals surface area contributed by atoms with Crippen molar-refractivity contribution in [2.45, 2.75) is 51.0 Å². The molecule has 1 aliphatic carbocycles. The first-order valence-electron chi connectivity index (χ1n) is 11.8. The summed E-state index contributed by atoms with van der Waals surface area (Å²) in [7, 11) is -3.54. The molecular formula is C25H31N5O3S. The van der Waals surface area contributed by atoms with Gasteiger partial charge in [-0.2, -0.15) is 9.40 Å². The number of nitrogens with one attached hydrogen (secondary N) is 1. The predicted octanol–water partition coefficient (Wildman–Crippen LogP) is 3.28. The molecule has 0 fully saturated rings. The minimum Gasteiger partial charge on any atom is -0.350 e. The summed E-state index contributed by atoms with van der Waals surface area (Å²) in [6.07, 6.45) is 7.87. The van der Waals surface area contributed by atoms with Crippen molar-refractivity contribution in [2.24, 2.45) is 0 Å². The van der Waals surface area contributed by atoms with Crippen LogP contribution in [0.3, 0.4) is 0 Å². The van der Waals surface area contributed by atoms with Crippen LogP contribution in [0, 0.1) is 0 Å². The van der Waals surface area contributed by atoms with E-state index in [1.54, 1.807) is 38.4 Å². The number of aromatic nitrogens is 3. The van der Waals surface area contributed by atoms with Gasteiger partial charge in [-0.05, 0) is 62.1 Å². The van der Waals surface area contributed by atoms with Crippen molar-refractivity contribution in [2.75, 3.05) is 19.6 Å². The topological polar surface area (TPSA) is 97.2 Å². The molecule has 1 aliphatic rings. The molecule has 4 rings (SSSR count). The van der Waals surface area contributed by atoms with Crippen LogP contribution < -0.4 is 5.32 Å². The molecule has 0 saturated heterocycles. The summed E-state index contributed by atoms with van der Waals surface area (Å²) in [5.41, 5.74) is 5.05. The summed E-state index contributed by atoms with van der Waals surface area (Å²) in [5, 5.41) is 7.81. The van der Waals surface area contributed by atoms with E-state index >= 15 is 0 Å². The van der Waals surface area contributed by atoms with Gasteiger partial charge in [0.2, 0.25) is 10.0 Å². The van der Waals surface area contributed by atoms with Gasteiger partial charge in [-0.15, -0.1) is 0 Å². The smallest absolute Gasteiger partial charge is 0.251 e. The van der Waals surface area contributed by atoms with Crippen LogP contribution in [0.25, 0.3) is 11.3 Å². The molecule has 8 nitrogen and oxygen atoms in total. The van der Waals surface area contributed by atoms with Gasteiger partial charge in [-0.25, -0.2) is 8.42 Å². The lowest BCUT2D eigenvalue weighted by molar-refractivity contribution is 0.0951. The maximum absolute atomic E-state index is 12.6. The van der Waals surface area contributed by atoms with Crippen molar-refractivity contribution < 1.29 is 13.2 Å². The van der Waals surface area contributed by atoms with E-state index in [0.29, 0.717) is 31.7 Å². The van der Waals surface area contributed by atoms with E-state index in [1.165, 1.54) is 27.7 Å². The lowest BCUT2D eigenvalue weighted by atomic mass is 9.94. The second-order valence-electron chi connectivity index (χ2n) is 8.31. The van der Waals surface area contributed by atoms with Crippen LogP contribution in [0.1, 0.15) is 48.3 Å². The number of hydrogen-bond acceptors (Lipinski definition) is 5. The van der Waals surface area contributed by atoms with Gasteiger partial charge in [0.15, 0.2) is 0 Å². The number of nitrogens with zero attached hydrogens (tertiary/aromatic N) is 4. The van der Waals surface area contributed by atoms with Crippen LogP contribution in [-0.2, 0) is 29.4 Å². The number of hydrogen-bond donors (Lipinski definition) is 1. The maximum Gasteiger partial charge on any atom is 0.251 e. The lowest BCUT2D eigenvalue weighted by Gasteiger charge is -2.18. The number of pyridine rings is 1. The van der Waals surface area contributed by atoms with E-state index in [-0.39, 0.29) is 10.8 Å². The number of benzene rings is 1. The predicted molar refractivity (Wildman–Crippen MR) is 131 cm³/mol. The minimum absolute atomic E-state index is 0.194. The van der Waals surface area contributed by atoms with E-state index in [2.05, 4.69) is 10.3 Å². The molecule has 0 unspecified atom stereocenters. The fraction of sp³-hybridized carbons (Fsp3) is 0.400. The van der Waals surface area contributed by atoms with Crippen LogP contribution in [-0.4, -0.2) is 53.0 Å². The quantitative estimate of drug-likeness (QED) is 0.506. The summed E-state index contributed by atoms with van der Waals surface area (Å²) >= 11 is 0. The largest absolute Gasteiger partial charge is 0.350 e. The molecule has 1 amide bonds. The van der Waals surface area contributed by atoms with Gasteiger partial charge in [0, 0.05) is 54.4 Å². The summed E-state index contributed by atoms with van der Waals surface area (Å²) in [6.45, 7) is 5.43. The zero-order chi connectivity index (χ0) is 24.1. The molecule has 34 heavy (non-hydrogen) atoms. The van der Waals surface area contributed by atoms with Gasteiger partial charge >= 0.3 is 0 Å². The van der Waals surface area contributed by atoms with Gasteiger partial charge in [-0.1, -0.05) is 13.8 Å². The molecule has 2 aromatic heterocycles. The van der Waals surface area contributed by atoms with Crippen LogP contribution in [0.4, 0.5) is 0 Å². The highest BCUT2D eigenvalue weighted by Crippen LogP contribution is 2.30. The zero-order valence-corrected chi connectivity index (χ0v) is 20.5. The highest BCUT2D eigenvalue weighted by Gasteiger charge is 2.23. The Kier molecular flexibility index (Phi) is 7.43. The molecular weight excluding hydrogens is 450 g/mol. The second kappa shape index (κ2) is 10.5. The van der Waals surface area contributed by atoms with Crippen molar-refractivity contribution in [1.29, 1.82) is 0 Å². The van der Waals surface area contributed by atoms with Crippen molar-refractivity contribution in [3.8, 4) is 11.3 Å². The lowest BCUT2D eigenvalue weighted by Crippen LogP contribution is -2.31. The third-order valence-corrected chi connectivity index (χ3v) is 8.34. The highest BCUT2D eigenvalue weighted by molar-refractivity contribution is 7.89. The Morgan fingerprint density at radius 2 is 1.71 bits per heavy atom. The molecule has 9 heteroatoms. The summed E-state index contributed by atoms with van der Waals surface area (Å²) in [4.78, 5) is 16.9. The highest BCUT2D eigenvalue weighted by atomic mass is 32.2. The first kappa shape index (κ1) is 24.1. The molecule has 180 valence electrons.